The number of nitrogens with one attached hydrogen (secondary N) is 5. The minimum absolute atomic E-state index is 0.00156. The first-order chi connectivity index (χ1) is 69.3. The van der Waals surface area contributed by atoms with Crippen LogP contribution < -0.4 is 26.6 Å². The second-order valence-corrected chi connectivity index (χ2v) is 36.0. The lowest BCUT2D eigenvalue weighted by Crippen LogP contribution is -2.65. The number of benzene rings is 1. The Labute approximate surface area is 832 Å². The van der Waals surface area contributed by atoms with E-state index in [4.69, 9.17) is 71.1 Å². The second-order valence-electron chi connectivity index (χ2n) is 36.0. The molecule has 7 aliphatic heterocycles. The first-order valence-corrected chi connectivity index (χ1v) is 48.3. The molecule has 0 bridgehead atoms. The van der Waals surface area contributed by atoms with Gasteiger partial charge in [-0.2, -0.15) is 0 Å². The third-order valence-electron chi connectivity index (χ3n) is 25.2. The number of aliphatic hydroxyl groups is 26. The van der Waals surface area contributed by atoms with Crippen molar-refractivity contribution in [1.82, 2.24) is 41.3 Å². The molecule has 0 spiro atoms. The maximum Gasteiger partial charge on any atom is 0.306 e. The molecule has 0 saturated carbocycles. The maximum atomic E-state index is 14.5. The third kappa shape index (κ3) is 37.7. The molecule has 0 aliphatic carbocycles. The van der Waals surface area contributed by atoms with Crippen LogP contribution in [-0.2, 0) is 116 Å². The van der Waals surface area contributed by atoms with Crippen molar-refractivity contribution in [2.24, 2.45) is 0 Å². The van der Waals surface area contributed by atoms with E-state index in [2.05, 4.69) is 26.6 Å². The van der Waals surface area contributed by atoms with Gasteiger partial charge in [-0.1, -0.05) is 49.6 Å². The van der Waals surface area contributed by atoms with Crippen molar-refractivity contribution in [1.29, 1.82) is 0 Å². The summed E-state index contributed by atoms with van der Waals surface area (Å²) in [7, 11) is 0. The van der Waals surface area contributed by atoms with Crippen LogP contribution in [0.1, 0.15) is 95.5 Å². The number of ether oxygens (including phenoxy) is 15. The summed E-state index contributed by atoms with van der Waals surface area (Å²) in [5, 5.41) is 283. The highest BCUT2D eigenvalue weighted by Crippen LogP contribution is 2.34. The lowest BCUT2D eigenvalue weighted by molar-refractivity contribution is -0.366. The fourth-order valence-corrected chi connectivity index (χ4v) is 16.5. The average molecular weight is 2100 g/mol. The molecule has 57 nitrogen and oxygen atoms in total. The summed E-state index contributed by atoms with van der Waals surface area (Å²) in [5.74, 6) is -5.61. The Morgan fingerprint density at radius 2 is 0.634 bits per heavy atom. The highest BCUT2D eigenvalue weighted by atomic mass is 16.8. The van der Waals surface area contributed by atoms with E-state index < -0.39 is 360 Å². The van der Waals surface area contributed by atoms with E-state index in [-0.39, 0.29) is 130 Å². The molecular weight excluding hydrogens is 1950 g/mol. The van der Waals surface area contributed by atoms with E-state index in [1.165, 1.54) is 9.80 Å². The molecule has 36 atom stereocenters. The molecule has 57 heteroatoms. The molecule has 7 saturated heterocycles. The van der Waals surface area contributed by atoms with Crippen molar-refractivity contribution in [3.8, 4) is 0 Å². The van der Waals surface area contributed by atoms with Gasteiger partial charge in [0.1, 0.15) is 184 Å². The summed E-state index contributed by atoms with van der Waals surface area (Å²) < 4.78 is 83.5. The standard InChI is InChI=1S/C88H148N8O49/c97-36-46-60(110)67(117)73(123)82(138-46)132-29-24-95(25-30-133-83-74(124)68(118)61(111)47(37-98)139-83)57(107)15-7-2-10-20-89-53(103)19-18-45(81(130)92-22-12-3-8-16-58(108)96(26-31-134-84-75(125)69(119)62(112)48(38-99)140-84)27-32-135-85-76(126)70(120)63(113)49(39-100)141-85)93-56(106)35-94(33-54(104)90-21-11-4-9-17-59(109)136-42-44-13-5-1-6-14-44)34-55(105)91-23-28-131-87-79(129)80(145-88-78(128)72(122)65(115)51(41-102)143-88)66(116)52(144-87)43-137-86-77(127)71(121)64(114)50(40-101)142-86/h1,5-6,13-14,45-52,60-80,82-88,97-102,110-129H,2-4,7-12,15-43H2,(H,89,103)(H,90,104)(H,91,105)(H,92,130)(H,93,106)/t45-,46+,47+,48+,49+,50+,51+,52+,60+,61+,62+,63+,64+,65+,66+,67-,68-,69-,70-,71-,72-,73-,74-,75-,76-,77-,78-,79-,80-,82-,83-,84-,85-,86-,87-,88+/m0/s1. The van der Waals surface area contributed by atoms with Crippen molar-refractivity contribution < 1.29 is 242 Å². The normalized spacial score (nSPS) is 34.1. The largest absolute Gasteiger partial charge is 0.461 e. The third-order valence-corrected chi connectivity index (χ3v) is 25.2. The van der Waals surface area contributed by atoms with Gasteiger partial charge in [-0.15, -0.1) is 0 Å². The lowest BCUT2D eigenvalue weighted by Gasteiger charge is -2.46. The summed E-state index contributed by atoms with van der Waals surface area (Å²) in [6.07, 6.45) is -59.6. The topological polar surface area (TPSA) is 871 Å². The monoisotopic (exact) mass is 2100 g/mol. The molecule has 145 heavy (non-hydrogen) atoms. The van der Waals surface area contributed by atoms with Crippen LogP contribution in [0.2, 0.25) is 0 Å². The number of hydrogen-bond donors (Lipinski definition) is 31. The smallest absolute Gasteiger partial charge is 0.306 e. The van der Waals surface area contributed by atoms with Gasteiger partial charge in [0.25, 0.3) is 0 Å². The van der Waals surface area contributed by atoms with Gasteiger partial charge in [-0.3, -0.25) is 43.3 Å². The Bertz CT molecular complexity index is 3840. The predicted molar refractivity (Wildman–Crippen MR) is 478 cm³/mol. The minimum Gasteiger partial charge on any atom is -0.461 e. The molecule has 834 valence electrons. The molecule has 7 amide bonds. The number of carbonyl (C=O) groups is 8. The Hall–Kier alpha value is -6.66. The van der Waals surface area contributed by atoms with Crippen molar-refractivity contribution in [3.63, 3.8) is 0 Å². The summed E-state index contributed by atoms with van der Waals surface area (Å²) in [6, 6.07) is 7.40. The predicted octanol–water partition coefficient (Wildman–Crippen LogP) is -17.2. The summed E-state index contributed by atoms with van der Waals surface area (Å²) in [5.41, 5.74) is 0.776. The van der Waals surface area contributed by atoms with E-state index in [9.17, 15) is 171 Å². The van der Waals surface area contributed by atoms with Crippen LogP contribution in [0.25, 0.3) is 0 Å². The lowest BCUT2D eigenvalue weighted by atomic mass is 9.96. The first-order valence-electron chi connectivity index (χ1n) is 48.3. The Balaban J connectivity index is 0.935. The summed E-state index contributed by atoms with van der Waals surface area (Å²) >= 11 is 0. The molecular formula is C88H148N8O49. The summed E-state index contributed by atoms with van der Waals surface area (Å²) in [6.45, 7) is -11.5. The van der Waals surface area contributed by atoms with Gasteiger partial charge in [0.2, 0.25) is 41.4 Å². The number of amides is 7. The molecule has 1 aromatic rings. The van der Waals surface area contributed by atoms with Gasteiger partial charge < -0.3 is 240 Å². The Kier molecular flexibility index (Phi) is 54.2. The van der Waals surface area contributed by atoms with Crippen LogP contribution in [0.4, 0.5) is 0 Å². The minimum atomic E-state index is -2.08. The van der Waals surface area contributed by atoms with Crippen molar-refractivity contribution in [3.05, 3.63) is 35.9 Å². The van der Waals surface area contributed by atoms with E-state index >= 15 is 0 Å². The Morgan fingerprint density at radius 1 is 0.310 bits per heavy atom. The van der Waals surface area contributed by atoms with Gasteiger partial charge in [0.05, 0.1) is 98.9 Å². The van der Waals surface area contributed by atoms with Crippen LogP contribution >= 0.6 is 0 Å². The van der Waals surface area contributed by atoms with Crippen molar-refractivity contribution >= 4 is 47.3 Å². The zero-order valence-electron chi connectivity index (χ0n) is 79.9. The van der Waals surface area contributed by atoms with Gasteiger partial charge in [-0.05, 0) is 50.5 Å². The molecule has 0 aromatic heterocycles. The van der Waals surface area contributed by atoms with Crippen LogP contribution in [0.15, 0.2) is 30.3 Å². The number of aliphatic hydroxyl groups excluding tert-OH is 26. The molecule has 7 fully saturated rings. The fraction of sp³-hybridized carbons (Fsp3) is 0.841. The van der Waals surface area contributed by atoms with Crippen LogP contribution in [0, 0.1) is 0 Å². The molecule has 0 unspecified atom stereocenters. The molecule has 1 aromatic carbocycles. The molecule has 31 N–H and O–H groups in total. The molecule has 0 radical (unpaired) electrons. The fourth-order valence-electron chi connectivity index (χ4n) is 16.5. The van der Waals surface area contributed by atoms with E-state index in [1.807, 2.05) is 6.07 Å². The number of unbranched alkanes of at least 4 members (excludes halogenated alkanes) is 6. The van der Waals surface area contributed by atoms with E-state index in [0.717, 1.165) is 10.5 Å². The van der Waals surface area contributed by atoms with Crippen LogP contribution in [0.3, 0.4) is 0 Å². The number of rotatable bonds is 62. The maximum absolute atomic E-state index is 14.5. The number of hydrogen-bond acceptors (Lipinski definition) is 50. The number of esters is 1. The Morgan fingerprint density at radius 3 is 1.03 bits per heavy atom. The summed E-state index contributed by atoms with van der Waals surface area (Å²) in [4.78, 5) is 115. The van der Waals surface area contributed by atoms with E-state index in [0.29, 0.717) is 25.7 Å². The van der Waals surface area contributed by atoms with Gasteiger partial charge in [-0.25, -0.2) is 0 Å². The number of nitrogens with zero attached hydrogens (tertiary/aromatic N) is 3. The first kappa shape index (κ1) is 124. The SMILES string of the molecule is O=C(CC[C@H](NC(=O)CN(CC(=O)NCCCCCC(=O)OCc1ccccc1)CC(=O)NCCO[C@H]1O[C@H](CO[C@H]2O[C@H](CO)[C@@H](O)[C@H](O)[C@@H]2O)[C@@H](O)[C@H](O[C@H]2O[C@H](CO)[C@@H](O)[C@H](O)[C@@H]2O)[C@@H]1O)C(=O)NCCCCCC(=O)N(CCO[C@H]1O[C@H](CO)[C@@H](O)[C@H](O)[C@@H]1O)CCO[C@H]1O[C@H](CO)[C@@H](O)[C@H](O)[C@@H]1O)NCCCCCC(=O)N(CCO[C@H]1O[C@H](CO)[C@@H](O)[C@H](O)[C@@H]1O)CCO[C@H]1O[C@H](CO)[C@@H](O)[C@H](O)[C@@H]1O. The highest BCUT2D eigenvalue weighted by Gasteiger charge is 2.54. The zero-order chi connectivity index (χ0) is 106. The quantitative estimate of drug-likeness (QED) is 0.0213. The van der Waals surface area contributed by atoms with Gasteiger partial charge in [0, 0.05) is 78.0 Å². The molecule has 7 aliphatic rings. The van der Waals surface area contributed by atoms with Gasteiger partial charge >= 0.3 is 5.97 Å². The zero-order valence-corrected chi connectivity index (χ0v) is 79.9. The molecule has 7 heterocycles. The van der Waals surface area contributed by atoms with E-state index in [1.54, 1.807) is 24.3 Å². The van der Waals surface area contributed by atoms with Gasteiger partial charge in [0.15, 0.2) is 44.0 Å². The highest BCUT2D eigenvalue weighted by molar-refractivity contribution is 5.90. The molecule has 8 rings (SSSR count). The second kappa shape index (κ2) is 63.6. The number of carbonyl (C=O) groups excluding carboxylic acids is 8. The average Bonchev–Trinajstić information content (AvgIpc) is 0.776. The van der Waals surface area contributed by atoms with Crippen molar-refractivity contribution in [2.45, 2.75) is 317 Å². The van der Waals surface area contributed by atoms with Crippen molar-refractivity contribution in [2.75, 3.05) is 151 Å². The van der Waals surface area contributed by atoms with Crippen LogP contribution in [-0.4, -0.2) is 567 Å². The van der Waals surface area contributed by atoms with Crippen LogP contribution in [0.5, 0.6) is 0 Å².